The molecule has 21 heavy (non-hydrogen) atoms. The fourth-order valence-electron chi connectivity index (χ4n) is 1.70. The number of nitrogens with zero attached hydrogens (tertiary/aromatic N) is 4. The lowest BCUT2D eigenvalue weighted by atomic mass is 10.1. The van der Waals surface area contributed by atoms with Crippen LogP contribution in [-0.2, 0) is 13.0 Å². The van der Waals surface area contributed by atoms with E-state index in [0.29, 0.717) is 18.3 Å². The van der Waals surface area contributed by atoms with Crippen LogP contribution >= 0.6 is 22.7 Å². The Kier molecular flexibility index (Phi) is 5.35. The molecule has 0 fully saturated rings. The van der Waals surface area contributed by atoms with E-state index in [4.69, 9.17) is 4.74 Å². The number of ether oxygens (including phenoxy) is 1. The van der Waals surface area contributed by atoms with Gasteiger partial charge in [-0.15, -0.1) is 10.2 Å². The molecule has 0 bridgehead atoms. The fourth-order valence-corrected chi connectivity index (χ4v) is 3.54. The summed E-state index contributed by atoms with van der Waals surface area (Å²) < 4.78 is 5.32. The minimum Gasteiger partial charge on any atom is -0.480 e. The van der Waals surface area contributed by atoms with E-state index in [1.165, 1.54) is 0 Å². The Morgan fingerprint density at radius 3 is 2.62 bits per heavy atom. The van der Waals surface area contributed by atoms with Gasteiger partial charge in [-0.1, -0.05) is 36.5 Å². The maximum atomic E-state index is 5.32. The van der Waals surface area contributed by atoms with Crippen LogP contribution in [0.1, 0.15) is 23.7 Å². The van der Waals surface area contributed by atoms with Crippen molar-refractivity contribution in [3.8, 4) is 5.88 Å². The van der Waals surface area contributed by atoms with E-state index in [0.717, 1.165) is 26.6 Å². The maximum Gasteiger partial charge on any atom is 0.231 e. The number of hydrogen-bond acceptors (Lipinski definition) is 8. The summed E-state index contributed by atoms with van der Waals surface area (Å²) in [5, 5.41) is 14.5. The minimum atomic E-state index is 0.593. The standard InChI is InChI=1S/C13H21N5OS2/c1-8(2)6-10-16-17-12(21-10)14-7-9-11(19-5)15-13(20-9)18(3)4/h8H,6-7H2,1-5H3,(H,14,17). The molecule has 0 aliphatic heterocycles. The molecule has 0 spiro atoms. The van der Waals surface area contributed by atoms with Crippen LogP contribution in [0, 0.1) is 5.92 Å². The third-order valence-corrected chi connectivity index (χ3v) is 4.78. The van der Waals surface area contributed by atoms with Crippen LogP contribution in [0.15, 0.2) is 0 Å². The van der Waals surface area contributed by atoms with Gasteiger partial charge in [0.05, 0.1) is 18.5 Å². The molecule has 116 valence electrons. The smallest absolute Gasteiger partial charge is 0.231 e. The van der Waals surface area contributed by atoms with Gasteiger partial charge < -0.3 is 15.0 Å². The van der Waals surface area contributed by atoms with Crippen molar-refractivity contribution >= 4 is 32.9 Å². The second-order valence-electron chi connectivity index (χ2n) is 5.28. The highest BCUT2D eigenvalue weighted by Gasteiger charge is 2.14. The van der Waals surface area contributed by atoms with Crippen molar-refractivity contribution in [3.63, 3.8) is 0 Å². The van der Waals surface area contributed by atoms with Gasteiger partial charge in [-0.3, -0.25) is 0 Å². The van der Waals surface area contributed by atoms with Crippen molar-refractivity contribution < 1.29 is 4.74 Å². The summed E-state index contributed by atoms with van der Waals surface area (Å²) in [6.07, 6.45) is 0.966. The third-order valence-electron chi connectivity index (χ3n) is 2.68. The monoisotopic (exact) mass is 327 g/mol. The molecule has 2 aromatic heterocycles. The Morgan fingerprint density at radius 2 is 2.00 bits per heavy atom. The molecule has 0 saturated heterocycles. The lowest BCUT2D eigenvalue weighted by Gasteiger charge is -2.04. The Balaban J connectivity index is 2.00. The molecule has 0 saturated carbocycles. The molecule has 0 atom stereocenters. The van der Waals surface area contributed by atoms with Gasteiger partial charge >= 0.3 is 0 Å². The number of thiazole rings is 1. The third kappa shape index (κ3) is 4.28. The van der Waals surface area contributed by atoms with E-state index in [1.54, 1.807) is 29.8 Å². The van der Waals surface area contributed by atoms with Gasteiger partial charge in [-0.25, -0.2) is 0 Å². The summed E-state index contributed by atoms with van der Waals surface area (Å²) in [5.74, 6) is 1.26. The van der Waals surface area contributed by atoms with Gasteiger partial charge in [0.2, 0.25) is 11.0 Å². The topological polar surface area (TPSA) is 63.2 Å². The predicted molar refractivity (Wildman–Crippen MR) is 88.8 cm³/mol. The highest BCUT2D eigenvalue weighted by atomic mass is 32.1. The zero-order valence-electron chi connectivity index (χ0n) is 13.0. The highest BCUT2D eigenvalue weighted by Crippen LogP contribution is 2.31. The van der Waals surface area contributed by atoms with Crippen LogP contribution in [0.25, 0.3) is 0 Å². The van der Waals surface area contributed by atoms with E-state index in [2.05, 4.69) is 34.3 Å². The number of rotatable bonds is 7. The first-order chi connectivity index (χ1) is 9.99. The molecule has 0 radical (unpaired) electrons. The Morgan fingerprint density at radius 1 is 1.24 bits per heavy atom. The zero-order valence-corrected chi connectivity index (χ0v) is 14.6. The van der Waals surface area contributed by atoms with Crippen molar-refractivity contribution in [2.45, 2.75) is 26.8 Å². The van der Waals surface area contributed by atoms with Crippen LogP contribution in [-0.4, -0.2) is 36.4 Å². The summed E-state index contributed by atoms with van der Waals surface area (Å²) in [6, 6.07) is 0. The van der Waals surface area contributed by atoms with Gasteiger partial charge in [0.15, 0.2) is 5.13 Å². The first-order valence-electron chi connectivity index (χ1n) is 6.76. The molecule has 8 heteroatoms. The number of anilines is 2. The molecule has 2 aromatic rings. The van der Waals surface area contributed by atoms with Gasteiger partial charge in [0.1, 0.15) is 5.01 Å². The van der Waals surface area contributed by atoms with Crippen LogP contribution in [0.3, 0.4) is 0 Å². The lowest BCUT2D eigenvalue weighted by Crippen LogP contribution is -2.07. The zero-order chi connectivity index (χ0) is 15.4. The predicted octanol–water partition coefficient (Wildman–Crippen LogP) is 2.88. The Bertz CT molecular complexity index is 579. The van der Waals surface area contributed by atoms with E-state index < -0.39 is 0 Å². The molecule has 6 nitrogen and oxygen atoms in total. The number of nitrogens with one attached hydrogen (secondary N) is 1. The van der Waals surface area contributed by atoms with Crippen molar-refractivity contribution in [1.29, 1.82) is 0 Å². The van der Waals surface area contributed by atoms with E-state index >= 15 is 0 Å². The summed E-state index contributed by atoms with van der Waals surface area (Å²) in [7, 11) is 5.58. The molecule has 2 heterocycles. The van der Waals surface area contributed by atoms with Crippen LogP contribution in [0.2, 0.25) is 0 Å². The molecule has 0 unspecified atom stereocenters. The minimum absolute atomic E-state index is 0.593. The quantitative estimate of drug-likeness (QED) is 0.843. The summed E-state index contributed by atoms with van der Waals surface area (Å²) in [5.41, 5.74) is 0. The van der Waals surface area contributed by atoms with Crippen molar-refractivity contribution in [3.05, 3.63) is 9.88 Å². The van der Waals surface area contributed by atoms with Crippen molar-refractivity contribution in [2.24, 2.45) is 5.92 Å². The second-order valence-corrected chi connectivity index (χ2v) is 7.40. The normalized spacial score (nSPS) is 11.0. The Labute approximate surface area is 133 Å². The maximum absolute atomic E-state index is 5.32. The lowest BCUT2D eigenvalue weighted by molar-refractivity contribution is 0.397. The SMILES string of the molecule is COc1nc(N(C)C)sc1CNc1nnc(CC(C)C)s1. The van der Waals surface area contributed by atoms with E-state index in [9.17, 15) is 0 Å². The Hall–Kier alpha value is -1.41. The first-order valence-corrected chi connectivity index (χ1v) is 8.40. The van der Waals surface area contributed by atoms with Gasteiger partial charge in [0, 0.05) is 20.5 Å². The molecule has 0 aromatic carbocycles. The number of aromatic nitrogens is 3. The summed E-state index contributed by atoms with van der Waals surface area (Å²) in [4.78, 5) is 7.47. The van der Waals surface area contributed by atoms with Crippen LogP contribution < -0.4 is 15.0 Å². The highest BCUT2D eigenvalue weighted by molar-refractivity contribution is 7.16. The van der Waals surface area contributed by atoms with Gasteiger partial charge in [-0.05, 0) is 5.92 Å². The largest absolute Gasteiger partial charge is 0.480 e. The molecular formula is C13H21N5OS2. The first kappa shape index (κ1) is 16.0. The van der Waals surface area contributed by atoms with Crippen molar-refractivity contribution in [2.75, 3.05) is 31.4 Å². The average molecular weight is 327 g/mol. The molecule has 1 N–H and O–H groups in total. The number of hydrogen-bond donors (Lipinski definition) is 1. The van der Waals surface area contributed by atoms with Crippen LogP contribution in [0.5, 0.6) is 5.88 Å². The summed E-state index contributed by atoms with van der Waals surface area (Å²) >= 11 is 3.22. The average Bonchev–Trinajstić information content (AvgIpc) is 3.01. The van der Waals surface area contributed by atoms with Gasteiger partial charge in [-0.2, -0.15) is 4.98 Å². The second kappa shape index (κ2) is 7.04. The molecule has 0 aliphatic rings. The molecule has 0 amide bonds. The fraction of sp³-hybridized carbons (Fsp3) is 0.615. The van der Waals surface area contributed by atoms with Crippen LogP contribution in [0.4, 0.5) is 10.3 Å². The van der Waals surface area contributed by atoms with E-state index in [-0.39, 0.29) is 0 Å². The molecule has 2 rings (SSSR count). The molecular weight excluding hydrogens is 306 g/mol. The van der Waals surface area contributed by atoms with Crippen molar-refractivity contribution in [1.82, 2.24) is 15.2 Å². The van der Waals surface area contributed by atoms with Gasteiger partial charge in [0.25, 0.3) is 0 Å². The molecule has 0 aliphatic carbocycles. The summed E-state index contributed by atoms with van der Waals surface area (Å²) in [6.45, 7) is 5.00. The van der Waals surface area contributed by atoms with E-state index in [1.807, 2.05) is 19.0 Å². The number of methoxy groups -OCH3 is 1.